The second kappa shape index (κ2) is 7.04. The number of azo groups is 2. The first-order valence-electron chi connectivity index (χ1n) is 8.47. The van der Waals surface area contributed by atoms with Crippen molar-refractivity contribution < 1.29 is 5.11 Å². The van der Waals surface area contributed by atoms with Gasteiger partial charge in [-0.3, -0.25) is 0 Å². The predicted octanol–water partition coefficient (Wildman–Crippen LogP) is 6.91. The molecule has 132 valence electrons. The quantitative estimate of drug-likeness (QED) is 0.514. The van der Waals surface area contributed by atoms with Crippen LogP contribution >= 0.6 is 0 Å². The van der Waals surface area contributed by atoms with Crippen LogP contribution in [-0.4, -0.2) is 12.2 Å². The van der Waals surface area contributed by atoms with E-state index in [9.17, 15) is 5.11 Å². The third kappa shape index (κ3) is 3.20. The van der Waals surface area contributed by atoms with Crippen LogP contribution in [0.15, 0.2) is 56.9 Å². The topological polar surface area (TPSA) is 69.7 Å². The third-order valence-electron chi connectivity index (χ3n) is 4.65. The molecule has 0 aliphatic carbocycles. The SMILES string of the molecule is C/N=N/c1ccc(/N=N/c2c(C)cc3c(C)c(C)ccc3c2O)cc1C. The molecule has 5 heteroatoms. The number of aromatic hydroxyl groups is 1. The molecule has 0 unspecified atom stereocenters. The lowest BCUT2D eigenvalue weighted by molar-refractivity contribution is 0.482. The lowest BCUT2D eigenvalue weighted by Crippen LogP contribution is -1.87. The molecule has 0 aromatic heterocycles. The van der Waals surface area contributed by atoms with Gasteiger partial charge in [-0.25, -0.2) is 0 Å². The highest BCUT2D eigenvalue weighted by molar-refractivity contribution is 5.96. The molecule has 26 heavy (non-hydrogen) atoms. The predicted molar refractivity (Wildman–Crippen MR) is 106 cm³/mol. The fraction of sp³-hybridized carbons (Fsp3) is 0.238. The van der Waals surface area contributed by atoms with Gasteiger partial charge in [-0.1, -0.05) is 12.1 Å². The zero-order valence-corrected chi connectivity index (χ0v) is 15.7. The smallest absolute Gasteiger partial charge is 0.151 e. The van der Waals surface area contributed by atoms with Gasteiger partial charge in [-0.2, -0.15) is 15.3 Å². The number of benzene rings is 3. The van der Waals surface area contributed by atoms with Crippen LogP contribution in [0.2, 0.25) is 0 Å². The van der Waals surface area contributed by atoms with Crippen molar-refractivity contribution >= 4 is 27.8 Å². The number of phenolic OH excluding ortho intramolecular Hbond substituents is 1. The Kier molecular flexibility index (Phi) is 4.80. The lowest BCUT2D eigenvalue weighted by atomic mass is 9.97. The molecule has 3 aromatic rings. The summed E-state index contributed by atoms with van der Waals surface area (Å²) in [6.45, 7) is 8.02. The van der Waals surface area contributed by atoms with Crippen molar-refractivity contribution in [2.75, 3.05) is 7.05 Å². The Bertz CT molecular complexity index is 1050. The van der Waals surface area contributed by atoms with Crippen LogP contribution < -0.4 is 0 Å². The summed E-state index contributed by atoms with van der Waals surface area (Å²) in [6, 6.07) is 11.6. The summed E-state index contributed by atoms with van der Waals surface area (Å²) < 4.78 is 0. The summed E-state index contributed by atoms with van der Waals surface area (Å²) in [7, 11) is 1.64. The number of aryl methyl sites for hydroxylation is 4. The van der Waals surface area contributed by atoms with Gasteiger partial charge in [0.25, 0.3) is 0 Å². The van der Waals surface area contributed by atoms with Crippen LogP contribution in [0.5, 0.6) is 5.75 Å². The Hall–Kier alpha value is -3.08. The summed E-state index contributed by atoms with van der Waals surface area (Å²) >= 11 is 0. The van der Waals surface area contributed by atoms with Gasteiger partial charge >= 0.3 is 0 Å². The number of hydrogen-bond donors (Lipinski definition) is 1. The first-order valence-corrected chi connectivity index (χ1v) is 8.47. The average molecular weight is 346 g/mol. The average Bonchev–Trinajstić information content (AvgIpc) is 2.61. The van der Waals surface area contributed by atoms with Gasteiger partial charge < -0.3 is 5.11 Å². The van der Waals surface area contributed by atoms with Gasteiger partial charge in [-0.15, -0.1) is 5.11 Å². The second-order valence-electron chi connectivity index (χ2n) is 6.46. The highest BCUT2D eigenvalue weighted by Gasteiger charge is 2.12. The third-order valence-corrected chi connectivity index (χ3v) is 4.65. The molecule has 3 rings (SSSR count). The highest BCUT2D eigenvalue weighted by Crippen LogP contribution is 2.40. The molecule has 0 heterocycles. The fourth-order valence-electron chi connectivity index (χ4n) is 2.98. The van der Waals surface area contributed by atoms with E-state index in [-0.39, 0.29) is 5.75 Å². The van der Waals surface area contributed by atoms with Crippen LogP contribution in [0, 0.1) is 27.7 Å². The van der Waals surface area contributed by atoms with Gasteiger partial charge in [0.05, 0.1) is 11.4 Å². The van der Waals surface area contributed by atoms with Gasteiger partial charge in [0, 0.05) is 12.4 Å². The first-order chi connectivity index (χ1) is 12.4. The van der Waals surface area contributed by atoms with E-state index in [0.29, 0.717) is 11.4 Å². The molecule has 1 N–H and O–H groups in total. The van der Waals surface area contributed by atoms with E-state index in [0.717, 1.165) is 27.6 Å². The van der Waals surface area contributed by atoms with E-state index in [1.165, 1.54) is 11.1 Å². The summed E-state index contributed by atoms with van der Waals surface area (Å²) in [5.41, 5.74) is 6.23. The minimum atomic E-state index is 0.167. The molecule has 0 atom stereocenters. The standard InChI is InChI=1S/C21H22N4O/c1-12-6-8-17-18(15(12)4)11-14(3)20(21(17)26)25-23-16-7-9-19(24-22-5)13(2)10-16/h6-11,26H,1-5H3/b24-22+,25-23+. The Morgan fingerprint density at radius 2 is 1.50 bits per heavy atom. The van der Waals surface area contributed by atoms with Gasteiger partial charge in [0.2, 0.25) is 0 Å². The molecule has 0 spiro atoms. The van der Waals surface area contributed by atoms with Crippen LogP contribution in [-0.2, 0) is 0 Å². The number of nitrogens with zero attached hydrogens (tertiary/aromatic N) is 4. The van der Waals surface area contributed by atoms with Crippen LogP contribution in [0.3, 0.4) is 0 Å². The van der Waals surface area contributed by atoms with Crippen molar-refractivity contribution in [2.24, 2.45) is 20.5 Å². The Balaban J connectivity index is 2.05. The van der Waals surface area contributed by atoms with Crippen molar-refractivity contribution in [1.82, 2.24) is 0 Å². The lowest BCUT2D eigenvalue weighted by Gasteiger charge is -2.11. The molecular formula is C21H22N4O. The monoisotopic (exact) mass is 346 g/mol. The summed E-state index contributed by atoms with van der Waals surface area (Å²) in [5.74, 6) is 0.167. The molecule has 0 fully saturated rings. The minimum Gasteiger partial charge on any atom is -0.505 e. The van der Waals surface area contributed by atoms with E-state index in [2.05, 4.69) is 40.4 Å². The maximum absolute atomic E-state index is 10.7. The number of rotatable bonds is 3. The largest absolute Gasteiger partial charge is 0.505 e. The van der Waals surface area contributed by atoms with E-state index in [1.807, 2.05) is 44.2 Å². The Morgan fingerprint density at radius 3 is 2.19 bits per heavy atom. The van der Waals surface area contributed by atoms with Crippen molar-refractivity contribution in [3.05, 3.63) is 58.7 Å². The molecule has 0 saturated heterocycles. The van der Waals surface area contributed by atoms with E-state index < -0.39 is 0 Å². The molecule has 0 saturated carbocycles. The minimum absolute atomic E-state index is 0.167. The number of fused-ring (bicyclic) bond motifs is 1. The summed E-state index contributed by atoms with van der Waals surface area (Å²) in [4.78, 5) is 0. The molecule has 0 aliphatic heterocycles. The van der Waals surface area contributed by atoms with Crippen molar-refractivity contribution in [1.29, 1.82) is 0 Å². The van der Waals surface area contributed by atoms with Crippen molar-refractivity contribution in [3.8, 4) is 5.75 Å². The maximum Gasteiger partial charge on any atom is 0.151 e. The molecular weight excluding hydrogens is 324 g/mol. The van der Waals surface area contributed by atoms with Crippen LogP contribution in [0.1, 0.15) is 22.3 Å². The molecule has 0 aliphatic rings. The Labute approximate surface area is 153 Å². The Morgan fingerprint density at radius 1 is 0.731 bits per heavy atom. The van der Waals surface area contributed by atoms with Crippen LogP contribution in [0.4, 0.5) is 17.1 Å². The van der Waals surface area contributed by atoms with Crippen molar-refractivity contribution in [2.45, 2.75) is 27.7 Å². The fourth-order valence-corrected chi connectivity index (χ4v) is 2.98. The molecule has 0 radical (unpaired) electrons. The van der Waals surface area contributed by atoms with E-state index >= 15 is 0 Å². The molecule has 5 nitrogen and oxygen atoms in total. The van der Waals surface area contributed by atoms with Gasteiger partial charge in [-0.05, 0) is 79.6 Å². The van der Waals surface area contributed by atoms with Crippen molar-refractivity contribution in [3.63, 3.8) is 0 Å². The molecule has 3 aromatic carbocycles. The van der Waals surface area contributed by atoms with Crippen LogP contribution in [0.25, 0.3) is 10.8 Å². The summed E-state index contributed by atoms with van der Waals surface area (Å²) in [6.07, 6.45) is 0. The zero-order valence-electron chi connectivity index (χ0n) is 15.7. The van der Waals surface area contributed by atoms with Gasteiger partial charge in [0.15, 0.2) is 5.75 Å². The van der Waals surface area contributed by atoms with E-state index in [4.69, 9.17) is 0 Å². The molecule has 0 bridgehead atoms. The number of phenols is 1. The van der Waals surface area contributed by atoms with E-state index in [1.54, 1.807) is 7.05 Å². The summed E-state index contributed by atoms with van der Waals surface area (Å²) in [5, 5.41) is 29.0. The number of hydrogen-bond acceptors (Lipinski definition) is 5. The van der Waals surface area contributed by atoms with Gasteiger partial charge in [0.1, 0.15) is 5.69 Å². The first kappa shape index (κ1) is 17.7. The normalized spacial score (nSPS) is 11.9. The second-order valence-corrected chi connectivity index (χ2v) is 6.46. The maximum atomic E-state index is 10.7. The highest BCUT2D eigenvalue weighted by atomic mass is 16.3. The molecule has 0 amide bonds. The zero-order chi connectivity index (χ0) is 18.8.